The van der Waals surface area contributed by atoms with Crippen LogP contribution in [0.1, 0.15) is 30.6 Å². The summed E-state index contributed by atoms with van der Waals surface area (Å²) in [5.74, 6) is -3.31. The quantitative estimate of drug-likeness (QED) is 0.621. The van der Waals surface area contributed by atoms with Crippen molar-refractivity contribution in [2.24, 2.45) is 5.41 Å². The molecule has 0 aliphatic carbocycles. The molecule has 0 aromatic heterocycles. The van der Waals surface area contributed by atoms with Gasteiger partial charge in [-0.25, -0.2) is 4.39 Å². The highest BCUT2D eigenvalue weighted by molar-refractivity contribution is 5.94. The van der Waals surface area contributed by atoms with Crippen LogP contribution in [0.15, 0.2) is 12.1 Å². The molecule has 0 spiro atoms. The van der Waals surface area contributed by atoms with Crippen molar-refractivity contribution in [3.05, 3.63) is 39.4 Å². The molecular formula is C13H16F2N2O4. The highest BCUT2D eigenvalue weighted by Crippen LogP contribution is 2.22. The standard InChI is InChI=1S/C13H16F2N2O4/c1-13(2,3-4-18)7-16-12(19)8-5-10(15)11(17(20)21)6-9(8)14/h5-6,18H,3-4,7H2,1-2H3,(H,16,19). The first-order valence-corrected chi connectivity index (χ1v) is 6.20. The molecular weight excluding hydrogens is 286 g/mol. The summed E-state index contributed by atoms with van der Waals surface area (Å²) in [7, 11) is 0. The smallest absolute Gasteiger partial charge is 0.307 e. The molecule has 21 heavy (non-hydrogen) atoms. The summed E-state index contributed by atoms with van der Waals surface area (Å²) in [6.07, 6.45) is 0.421. The van der Waals surface area contributed by atoms with Crippen LogP contribution in [-0.2, 0) is 0 Å². The minimum atomic E-state index is -1.28. The molecule has 0 saturated carbocycles. The molecule has 0 heterocycles. The van der Waals surface area contributed by atoms with E-state index in [1.54, 1.807) is 13.8 Å². The highest BCUT2D eigenvalue weighted by Gasteiger charge is 2.24. The number of carbonyl (C=O) groups excluding carboxylic acids is 1. The molecule has 0 aliphatic heterocycles. The number of aliphatic hydroxyl groups is 1. The second-order valence-electron chi connectivity index (χ2n) is 5.36. The van der Waals surface area contributed by atoms with E-state index in [2.05, 4.69) is 5.32 Å². The van der Waals surface area contributed by atoms with Crippen molar-refractivity contribution < 1.29 is 23.6 Å². The van der Waals surface area contributed by atoms with Gasteiger partial charge >= 0.3 is 5.69 Å². The van der Waals surface area contributed by atoms with Gasteiger partial charge in [-0.05, 0) is 17.9 Å². The van der Waals surface area contributed by atoms with E-state index in [0.29, 0.717) is 18.6 Å². The fraction of sp³-hybridized carbons (Fsp3) is 0.462. The van der Waals surface area contributed by atoms with Crippen molar-refractivity contribution in [2.45, 2.75) is 20.3 Å². The average molecular weight is 302 g/mol. The number of carbonyl (C=O) groups is 1. The molecule has 0 unspecified atom stereocenters. The molecule has 1 aromatic rings. The summed E-state index contributed by atoms with van der Waals surface area (Å²) < 4.78 is 27.1. The van der Waals surface area contributed by atoms with Crippen LogP contribution in [0.2, 0.25) is 0 Å². The number of nitrogens with one attached hydrogen (secondary N) is 1. The van der Waals surface area contributed by atoms with Gasteiger partial charge in [0.05, 0.1) is 16.6 Å². The van der Waals surface area contributed by atoms with E-state index in [9.17, 15) is 23.7 Å². The maximum atomic E-state index is 13.6. The van der Waals surface area contributed by atoms with Gasteiger partial charge in [-0.2, -0.15) is 4.39 Å². The van der Waals surface area contributed by atoms with Crippen LogP contribution in [-0.4, -0.2) is 29.1 Å². The third kappa shape index (κ3) is 4.45. The largest absolute Gasteiger partial charge is 0.396 e. The van der Waals surface area contributed by atoms with Gasteiger partial charge in [0.1, 0.15) is 5.82 Å². The Morgan fingerprint density at radius 1 is 1.38 bits per heavy atom. The summed E-state index contributed by atoms with van der Waals surface area (Å²) in [6, 6.07) is 0.880. The molecule has 6 nitrogen and oxygen atoms in total. The van der Waals surface area contributed by atoms with E-state index in [1.165, 1.54) is 0 Å². The van der Waals surface area contributed by atoms with Crippen LogP contribution >= 0.6 is 0 Å². The molecule has 0 saturated heterocycles. The number of rotatable bonds is 6. The van der Waals surface area contributed by atoms with Crippen molar-refractivity contribution >= 4 is 11.6 Å². The van der Waals surface area contributed by atoms with E-state index in [-0.39, 0.29) is 13.2 Å². The van der Waals surface area contributed by atoms with Crippen molar-refractivity contribution in [2.75, 3.05) is 13.2 Å². The minimum absolute atomic E-state index is 0.0661. The molecule has 1 rings (SSSR count). The van der Waals surface area contributed by atoms with Crippen LogP contribution in [0, 0.1) is 27.2 Å². The van der Waals surface area contributed by atoms with E-state index >= 15 is 0 Å². The fourth-order valence-corrected chi connectivity index (χ4v) is 1.66. The predicted molar refractivity (Wildman–Crippen MR) is 70.8 cm³/mol. The third-order valence-electron chi connectivity index (χ3n) is 2.99. The Morgan fingerprint density at radius 3 is 2.52 bits per heavy atom. The molecule has 116 valence electrons. The van der Waals surface area contributed by atoms with Crippen LogP contribution in [0.4, 0.5) is 14.5 Å². The predicted octanol–water partition coefficient (Wildman–Crippen LogP) is 2.01. The van der Waals surface area contributed by atoms with Crippen molar-refractivity contribution in [3.63, 3.8) is 0 Å². The first kappa shape index (κ1) is 17.0. The van der Waals surface area contributed by atoms with Gasteiger partial charge in [-0.3, -0.25) is 14.9 Å². The monoisotopic (exact) mass is 302 g/mol. The van der Waals surface area contributed by atoms with Crippen molar-refractivity contribution in [1.29, 1.82) is 0 Å². The Labute approximate surface area is 119 Å². The van der Waals surface area contributed by atoms with Gasteiger partial charge in [0.15, 0.2) is 0 Å². The van der Waals surface area contributed by atoms with Crippen molar-refractivity contribution in [3.8, 4) is 0 Å². The summed E-state index contributed by atoms with van der Waals surface area (Å²) in [5.41, 5.74) is -2.04. The first-order chi connectivity index (χ1) is 9.68. The Kier molecular flexibility index (Phi) is 5.31. The fourth-order valence-electron chi connectivity index (χ4n) is 1.66. The summed E-state index contributed by atoms with van der Waals surface area (Å²) in [6.45, 7) is 3.65. The molecule has 0 radical (unpaired) electrons. The topological polar surface area (TPSA) is 92.5 Å². The van der Waals surface area contributed by atoms with E-state index < -0.39 is 39.1 Å². The number of nitro benzene ring substituents is 1. The molecule has 1 amide bonds. The molecule has 0 atom stereocenters. The van der Waals surface area contributed by atoms with Crippen molar-refractivity contribution in [1.82, 2.24) is 5.32 Å². The van der Waals surface area contributed by atoms with E-state index in [1.807, 2.05) is 0 Å². The minimum Gasteiger partial charge on any atom is -0.396 e. The molecule has 1 aromatic carbocycles. The van der Waals surface area contributed by atoms with E-state index in [0.717, 1.165) is 0 Å². The number of nitro groups is 1. The van der Waals surface area contributed by atoms with Crippen LogP contribution in [0.3, 0.4) is 0 Å². The maximum Gasteiger partial charge on any atom is 0.307 e. The van der Waals surface area contributed by atoms with Gasteiger partial charge in [-0.1, -0.05) is 13.8 Å². The average Bonchev–Trinajstić information content (AvgIpc) is 2.38. The number of hydrogen-bond acceptors (Lipinski definition) is 4. The lowest BCUT2D eigenvalue weighted by Crippen LogP contribution is -2.35. The summed E-state index contributed by atoms with van der Waals surface area (Å²) >= 11 is 0. The number of aliphatic hydroxyl groups excluding tert-OH is 1. The first-order valence-electron chi connectivity index (χ1n) is 6.20. The van der Waals surface area contributed by atoms with Crippen LogP contribution < -0.4 is 5.32 Å². The van der Waals surface area contributed by atoms with Gasteiger partial charge < -0.3 is 10.4 Å². The molecule has 0 aliphatic rings. The number of benzene rings is 1. The van der Waals surface area contributed by atoms with Gasteiger partial charge in [-0.15, -0.1) is 0 Å². The Bertz CT molecular complexity index is 561. The highest BCUT2D eigenvalue weighted by atomic mass is 19.1. The number of amides is 1. The summed E-state index contributed by atoms with van der Waals surface area (Å²) in [4.78, 5) is 21.2. The number of nitrogens with zero attached hydrogens (tertiary/aromatic N) is 1. The van der Waals surface area contributed by atoms with Crippen LogP contribution in [0.25, 0.3) is 0 Å². The van der Waals surface area contributed by atoms with E-state index in [4.69, 9.17) is 5.11 Å². The number of hydrogen-bond donors (Lipinski definition) is 2. The lowest BCUT2D eigenvalue weighted by Gasteiger charge is -2.23. The zero-order valence-electron chi connectivity index (χ0n) is 11.7. The lowest BCUT2D eigenvalue weighted by molar-refractivity contribution is -0.387. The second-order valence-corrected chi connectivity index (χ2v) is 5.36. The normalized spacial score (nSPS) is 11.3. The molecule has 0 fully saturated rings. The van der Waals surface area contributed by atoms with Gasteiger partial charge in [0.25, 0.3) is 5.91 Å². The maximum absolute atomic E-state index is 13.6. The van der Waals surface area contributed by atoms with Gasteiger partial charge in [0.2, 0.25) is 5.82 Å². The third-order valence-corrected chi connectivity index (χ3v) is 2.99. The Morgan fingerprint density at radius 2 is 2.00 bits per heavy atom. The molecule has 0 bridgehead atoms. The second kappa shape index (κ2) is 6.57. The molecule has 8 heteroatoms. The molecule has 2 N–H and O–H groups in total. The SMILES string of the molecule is CC(C)(CCO)CNC(=O)c1cc(F)c([N+](=O)[O-])cc1F. The Hall–Kier alpha value is -2.09. The number of halogens is 2. The summed E-state index contributed by atoms with van der Waals surface area (Å²) in [5, 5.41) is 21.7. The van der Waals surface area contributed by atoms with Crippen LogP contribution in [0.5, 0.6) is 0 Å². The Balaban J connectivity index is 2.89. The van der Waals surface area contributed by atoms with Gasteiger partial charge in [0, 0.05) is 13.2 Å². The lowest BCUT2D eigenvalue weighted by atomic mass is 9.89. The zero-order chi connectivity index (χ0) is 16.2. The zero-order valence-corrected chi connectivity index (χ0v) is 11.7.